The van der Waals surface area contributed by atoms with Crippen molar-refractivity contribution in [2.75, 3.05) is 7.11 Å². The van der Waals surface area contributed by atoms with Gasteiger partial charge in [0.25, 0.3) is 5.91 Å². The van der Waals surface area contributed by atoms with Gasteiger partial charge in [-0.3, -0.25) is 9.89 Å². The van der Waals surface area contributed by atoms with Gasteiger partial charge in [0.2, 0.25) is 0 Å². The Labute approximate surface area is 155 Å². The Balaban J connectivity index is 1.91. The van der Waals surface area contributed by atoms with Crippen LogP contribution in [0.1, 0.15) is 27.2 Å². The summed E-state index contributed by atoms with van der Waals surface area (Å²) in [7, 11) is 1.58. The van der Waals surface area contributed by atoms with E-state index in [0.29, 0.717) is 22.9 Å². The number of nitrogens with one attached hydrogen (secondary N) is 1. The molecule has 1 amide bonds. The molecule has 1 heterocycles. The minimum absolute atomic E-state index is 0.243. The van der Waals surface area contributed by atoms with E-state index in [1.165, 1.54) is 0 Å². The second-order valence-electron chi connectivity index (χ2n) is 5.57. The molecule has 0 saturated carbocycles. The smallest absolute Gasteiger partial charge is 0.254 e. The summed E-state index contributed by atoms with van der Waals surface area (Å²) < 4.78 is 5.28. The van der Waals surface area contributed by atoms with Gasteiger partial charge >= 0.3 is 0 Å². The number of H-pyrrole nitrogens is 1. The topological polar surface area (TPSA) is 93.4 Å². The summed E-state index contributed by atoms with van der Waals surface area (Å²) in [5.41, 5.74) is 8.16. The average Bonchev–Trinajstić information content (AvgIpc) is 3.05. The van der Waals surface area contributed by atoms with Crippen LogP contribution in [0.3, 0.4) is 0 Å². The van der Waals surface area contributed by atoms with E-state index >= 15 is 0 Å². The fourth-order valence-corrected chi connectivity index (χ4v) is 2.68. The van der Waals surface area contributed by atoms with Gasteiger partial charge in [-0.05, 0) is 29.8 Å². The lowest BCUT2D eigenvalue weighted by atomic mass is 10.1. The van der Waals surface area contributed by atoms with Crippen LogP contribution in [0.25, 0.3) is 0 Å². The lowest BCUT2D eigenvalue weighted by Crippen LogP contribution is -2.13. The molecular formula is C19H17ClN4O2. The molecule has 2 aromatic carbocycles. The molecule has 6 nitrogen and oxygen atoms in total. The number of ether oxygens (including phenoxy) is 1. The Morgan fingerprint density at radius 1 is 1.27 bits per heavy atom. The molecule has 132 valence electrons. The summed E-state index contributed by atoms with van der Waals surface area (Å²) >= 11 is 5.90. The molecule has 1 aromatic heterocycles. The molecule has 0 aliphatic heterocycles. The lowest BCUT2D eigenvalue weighted by Gasteiger charge is -2.03. The third-order valence-electron chi connectivity index (χ3n) is 3.83. The van der Waals surface area contributed by atoms with Crippen LogP contribution in [-0.2, 0) is 6.42 Å². The number of carbonyl (C=O) groups is 1. The first-order valence-electron chi connectivity index (χ1n) is 7.87. The third-order valence-corrected chi connectivity index (χ3v) is 4.08. The fourth-order valence-electron chi connectivity index (χ4n) is 2.56. The maximum Gasteiger partial charge on any atom is 0.254 e. The number of methoxy groups -OCH3 is 1. The van der Waals surface area contributed by atoms with Gasteiger partial charge in [0.05, 0.1) is 12.8 Å². The van der Waals surface area contributed by atoms with Crippen LogP contribution in [0.5, 0.6) is 5.75 Å². The number of nitrogens with zero attached hydrogens (tertiary/aromatic N) is 2. The summed E-state index contributed by atoms with van der Waals surface area (Å²) in [5, 5.41) is 7.63. The van der Waals surface area contributed by atoms with E-state index in [0.717, 1.165) is 11.1 Å². The standard InChI is InChI=1S/C19H17ClN4O2/c1-26-16-5-3-2-4-13(16)11-22-19-17(18(21)25)15(23-24-19)10-12-6-8-14(20)9-7-12/h2-9,11H,10H2,1H3,(H2,21,25)(H,23,24). The van der Waals surface area contributed by atoms with Crippen molar-refractivity contribution in [2.45, 2.75) is 6.42 Å². The van der Waals surface area contributed by atoms with Crippen molar-refractivity contribution in [3.63, 3.8) is 0 Å². The first-order valence-corrected chi connectivity index (χ1v) is 8.25. The van der Waals surface area contributed by atoms with Crippen LogP contribution in [0.4, 0.5) is 5.82 Å². The number of primary amides is 1. The molecule has 0 unspecified atom stereocenters. The number of aromatic nitrogens is 2. The molecule has 26 heavy (non-hydrogen) atoms. The molecule has 3 rings (SSSR count). The van der Waals surface area contributed by atoms with E-state index in [2.05, 4.69) is 15.2 Å². The zero-order valence-corrected chi connectivity index (χ0v) is 14.8. The predicted molar refractivity (Wildman–Crippen MR) is 102 cm³/mol. The molecule has 0 spiro atoms. The summed E-state index contributed by atoms with van der Waals surface area (Å²) in [5.74, 6) is 0.330. The monoisotopic (exact) mass is 368 g/mol. The van der Waals surface area contributed by atoms with Crippen molar-refractivity contribution in [3.05, 3.63) is 75.9 Å². The quantitative estimate of drug-likeness (QED) is 0.652. The van der Waals surface area contributed by atoms with Gasteiger partial charge in [0.15, 0.2) is 5.82 Å². The summed E-state index contributed by atoms with van der Waals surface area (Å²) in [6.45, 7) is 0. The van der Waals surface area contributed by atoms with E-state index in [1.54, 1.807) is 25.5 Å². The number of hydrogen-bond donors (Lipinski definition) is 2. The number of hydrogen-bond acceptors (Lipinski definition) is 4. The van der Waals surface area contributed by atoms with Crippen LogP contribution in [0.2, 0.25) is 5.02 Å². The Hall–Kier alpha value is -3.12. The summed E-state index contributed by atoms with van der Waals surface area (Å²) in [6, 6.07) is 14.8. The predicted octanol–water partition coefficient (Wildman–Crippen LogP) is 3.51. The van der Waals surface area contributed by atoms with Crippen LogP contribution in [0, 0.1) is 0 Å². The highest BCUT2D eigenvalue weighted by atomic mass is 35.5. The van der Waals surface area contributed by atoms with Crippen LogP contribution < -0.4 is 10.5 Å². The van der Waals surface area contributed by atoms with Gasteiger partial charge < -0.3 is 10.5 Å². The fraction of sp³-hybridized carbons (Fsp3) is 0.105. The number of aromatic amines is 1. The number of para-hydroxylation sites is 1. The molecule has 0 aliphatic carbocycles. The molecule has 0 saturated heterocycles. The minimum Gasteiger partial charge on any atom is -0.496 e. The van der Waals surface area contributed by atoms with Crippen LogP contribution in [-0.4, -0.2) is 29.4 Å². The van der Waals surface area contributed by atoms with Crippen molar-refractivity contribution in [2.24, 2.45) is 10.7 Å². The van der Waals surface area contributed by atoms with Gasteiger partial charge in [0, 0.05) is 23.2 Å². The zero-order chi connectivity index (χ0) is 18.5. The SMILES string of the molecule is COc1ccccc1C=Nc1n[nH]c(Cc2ccc(Cl)cc2)c1C(N)=O. The molecule has 0 aliphatic rings. The minimum atomic E-state index is -0.588. The molecule has 3 N–H and O–H groups in total. The van der Waals surface area contributed by atoms with Crippen molar-refractivity contribution < 1.29 is 9.53 Å². The summed E-state index contributed by atoms with van der Waals surface area (Å²) in [4.78, 5) is 16.2. The summed E-state index contributed by atoms with van der Waals surface area (Å²) in [6.07, 6.45) is 2.06. The molecule has 0 fully saturated rings. The number of halogens is 1. The normalized spacial score (nSPS) is 11.0. The maximum absolute atomic E-state index is 11.9. The van der Waals surface area contributed by atoms with Crippen LogP contribution in [0.15, 0.2) is 53.5 Å². The highest BCUT2D eigenvalue weighted by Crippen LogP contribution is 2.23. The van der Waals surface area contributed by atoms with Gasteiger partial charge in [-0.25, -0.2) is 4.99 Å². The number of nitrogens with two attached hydrogens (primary N) is 1. The molecule has 3 aromatic rings. The number of benzene rings is 2. The van der Waals surface area contributed by atoms with E-state index in [4.69, 9.17) is 22.1 Å². The van der Waals surface area contributed by atoms with E-state index in [9.17, 15) is 4.79 Å². The zero-order valence-electron chi connectivity index (χ0n) is 14.1. The molecule has 0 atom stereocenters. The van der Waals surface area contributed by atoms with Gasteiger partial charge in [-0.1, -0.05) is 35.9 Å². The van der Waals surface area contributed by atoms with Gasteiger partial charge in [-0.15, -0.1) is 0 Å². The van der Waals surface area contributed by atoms with E-state index < -0.39 is 5.91 Å². The maximum atomic E-state index is 11.9. The van der Waals surface area contributed by atoms with Gasteiger partial charge in [0.1, 0.15) is 11.3 Å². The van der Waals surface area contributed by atoms with Crippen molar-refractivity contribution in [1.82, 2.24) is 10.2 Å². The molecule has 7 heteroatoms. The number of amides is 1. The highest BCUT2D eigenvalue weighted by molar-refractivity contribution is 6.30. The average molecular weight is 369 g/mol. The first-order chi connectivity index (χ1) is 12.6. The second kappa shape index (κ2) is 7.84. The third kappa shape index (κ3) is 3.92. The lowest BCUT2D eigenvalue weighted by molar-refractivity contribution is 0.100. The Morgan fingerprint density at radius 2 is 2.00 bits per heavy atom. The Kier molecular flexibility index (Phi) is 5.34. The van der Waals surface area contributed by atoms with E-state index in [1.807, 2.05) is 36.4 Å². The highest BCUT2D eigenvalue weighted by Gasteiger charge is 2.18. The van der Waals surface area contributed by atoms with Crippen molar-refractivity contribution in [3.8, 4) is 5.75 Å². The first kappa shape index (κ1) is 17.7. The van der Waals surface area contributed by atoms with E-state index in [-0.39, 0.29) is 11.4 Å². The number of carbonyl (C=O) groups excluding carboxylic acids is 1. The molecular weight excluding hydrogens is 352 g/mol. The number of rotatable bonds is 6. The largest absolute Gasteiger partial charge is 0.496 e. The van der Waals surface area contributed by atoms with Crippen molar-refractivity contribution >= 4 is 29.5 Å². The molecule has 0 radical (unpaired) electrons. The number of aliphatic imine (C=N–C) groups is 1. The second-order valence-corrected chi connectivity index (χ2v) is 6.00. The van der Waals surface area contributed by atoms with Crippen LogP contribution >= 0.6 is 11.6 Å². The van der Waals surface area contributed by atoms with Gasteiger partial charge in [-0.2, -0.15) is 5.10 Å². The molecule has 0 bridgehead atoms. The van der Waals surface area contributed by atoms with Crippen molar-refractivity contribution in [1.29, 1.82) is 0 Å². The Bertz CT molecular complexity index is 948. The Morgan fingerprint density at radius 3 is 2.69 bits per heavy atom.